The van der Waals surface area contributed by atoms with Gasteiger partial charge in [0.1, 0.15) is 17.3 Å². The van der Waals surface area contributed by atoms with E-state index in [1.807, 2.05) is 0 Å². The standard InChI is InChI=1S/C13H13FN4O/c1-18(8-9-3-2-4-10(14)5-9)13(19)11-6-16-7-12(15)17-11/h2-7H,8H2,1H3,(H2,15,17). The van der Waals surface area contributed by atoms with Gasteiger partial charge in [0, 0.05) is 13.6 Å². The van der Waals surface area contributed by atoms with Gasteiger partial charge in [0.2, 0.25) is 0 Å². The number of amides is 1. The number of halogens is 1. The van der Waals surface area contributed by atoms with E-state index < -0.39 is 0 Å². The van der Waals surface area contributed by atoms with E-state index in [0.717, 1.165) is 0 Å². The lowest BCUT2D eigenvalue weighted by Crippen LogP contribution is -2.27. The quantitative estimate of drug-likeness (QED) is 0.907. The number of nitrogen functional groups attached to an aromatic ring is 1. The molecule has 0 saturated carbocycles. The van der Waals surface area contributed by atoms with Crippen LogP contribution in [0.1, 0.15) is 16.1 Å². The van der Waals surface area contributed by atoms with Crippen LogP contribution in [0.25, 0.3) is 0 Å². The second kappa shape index (κ2) is 5.43. The molecular weight excluding hydrogens is 247 g/mol. The maximum Gasteiger partial charge on any atom is 0.274 e. The number of carbonyl (C=O) groups excluding carboxylic acids is 1. The zero-order valence-corrected chi connectivity index (χ0v) is 10.4. The third-order valence-corrected chi connectivity index (χ3v) is 2.53. The van der Waals surface area contributed by atoms with E-state index in [2.05, 4.69) is 9.97 Å². The van der Waals surface area contributed by atoms with Gasteiger partial charge in [-0.05, 0) is 17.7 Å². The Kier molecular flexibility index (Phi) is 3.70. The Labute approximate surface area is 109 Å². The van der Waals surface area contributed by atoms with Gasteiger partial charge in [0.05, 0.1) is 12.4 Å². The molecule has 0 radical (unpaired) electrons. The number of carbonyl (C=O) groups is 1. The summed E-state index contributed by atoms with van der Waals surface area (Å²) >= 11 is 0. The van der Waals surface area contributed by atoms with E-state index in [0.29, 0.717) is 5.56 Å². The Bertz CT molecular complexity index is 603. The van der Waals surface area contributed by atoms with Gasteiger partial charge in [0.15, 0.2) is 0 Å². The molecular formula is C13H13FN4O. The Morgan fingerprint density at radius 2 is 2.21 bits per heavy atom. The van der Waals surface area contributed by atoms with Crippen molar-refractivity contribution in [3.8, 4) is 0 Å². The molecule has 2 rings (SSSR count). The van der Waals surface area contributed by atoms with Crippen molar-refractivity contribution in [1.82, 2.24) is 14.9 Å². The zero-order valence-electron chi connectivity index (χ0n) is 10.4. The summed E-state index contributed by atoms with van der Waals surface area (Å²) in [5.74, 6) is -0.462. The van der Waals surface area contributed by atoms with Crippen LogP contribution < -0.4 is 5.73 Å². The van der Waals surface area contributed by atoms with Crippen LogP contribution in [0.2, 0.25) is 0 Å². The molecule has 1 aromatic heterocycles. The Morgan fingerprint density at radius 1 is 1.42 bits per heavy atom. The highest BCUT2D eigenvalue weighted by Gasteiger charge is 2.14. The first kappa shape index (κ1) is 12.9. The zero-order chi connectivity index (χ0) is 13.8. The number of anilines is 1. The number of nitrogens with zero attached hydrogens (tertiary/aromatic N) is 3. The molecule has 0 saturated heterocycles. The van der Waals surface area contributed by atoms with Gasteiger partial charge in [-0.15, -0.1) is 0 Å². The highest BCUT2D eigenvalue weighted by molar-refractivity contribution is 5.92. The van der Waals surface area contributed by atoms with Crippen LogP contribution in [-0.4, -0.2) is 27.8 Å². The third kappa shape index (κ3) is 3.25. The summed E-state index contributed by atoms with van der Waals surface area (Å²) in [5, 5.41) is 0. The summed E-state index contributed by atoms with van der Waals surface area (Å²) in [5.41, 5.74) is 6.34. The molecule has 0 aliphatic heterocycles. The van der Waals surface area contributed by atoms with Crippen LogP contribution in [0, 0.1) is 5.82 Å². The maximum atomic E-state index is 13.1. The number of hydrogen-bond acceptors (Lipinski definition) is 4. The number of nitrogens with two attached hydrogens (primary N) is 1. The monoisotopic (exact) mass is 260 g/mol. The number of hydrogen-bond donors (Lipinski definition) is 1. The van der Waals surface area contributed by atoms with Crippen molar-refractivity contribution >= 4 is 11.7 Å². The minimum atomic E-state index is -0.331. The first-order valence-corrected chi connectivity index (χ1v) is 5.63. The van der Waals surface area contributed by atoms with Gasteiger partial charge < -0.3 is 10.6 Å². The summed E-state index contributed by atoms with van der Waals surface area (Å²) in [4.78, 5) is 21.2. The third-order valence-electron chi connectivity index (χ3n) is 2.53. The summed E-state index contributed by atoms with van der Waals surface area (Å²) in [7, 11) is 1.61. The van der Waals surface area contributed by atoms with Crippen molar-refractivity contribution < 1.29 is 9.18 Å². The predicted molar refractivity (Wildman–Crippen MR) is 68.6 cm³/mol. The summed E-state index contributed by atoms with van der Waals surface area (Å²) in [6, 6.07) is 6.09. The van der Waals surface area contributed by atoms with Crippen LogP contribution >= 0.6 is 0 Å². The van der Waals surface area contributed by atoms with E-state index in [4.69, 9.17) is 5.73 Å². The van der Waals surface area contributed by atoms with Gasteiger partial charge in [-0.1, -0.05) is 12.1 Å². The summed E-state index contributed by atoms with van der Waals surface area (Å²) in [6.07, 6.45) is 2.71. The molecule has 2 aromatic rings. The molecule has 0 bridgehead atoms. The fourth-order valence-electron chi connectivity index (χ4n) is 1.66. The molecule has 0 aliphatic carbocycles. The van der Waals surface area contributed by atoms with Crippen LogP contribution in [0.5, 0.6) is 0 Å². The van der Waals surface area contributed by atoms with Gasteiger partial charge in [-0.3, -0.25) is 9.78 Å². The molecule has 0 unspecified atom stereocenters. The lowest BCUT2D eigenvalue weighted by Gasteiger charge is -2.16. The van der Waals surface area contributed by atoms with E-state index in [-0.39, 0.29) is 29.8 Å². The fraction of sp³-hybridized carbons (Fsp3) is 0.154. The second-order valence-corrected chi connectivity index (χ2v) is 4.12. The van der Waals surface area contributed by atoms with Gasteiger partial charge >= 0.3 is 0 Å². The highest BCUT2D eigenvalue weighted by atomic mass is 19.1. The number of rotatable bonds is 3. The van der Waals surface area contributed by atoms with Crippen molar-refractivity contribution in [2.75, 3.05) is 12.8 Å². The average Bonchev–Trinajstić information content (AvgIpc) is 2.38. The Hall–Kier alpha value is -2.50. The topological polar surface area (TPSA) is 72.1 Å². The van der Waals surface area contributed by atoms with E-state index in [1.54, 1.807) is 19.2 Å². The Balaban J connectivity index is 2.12. The average molecular weight is 260 g/mol. The largest absolute Gasteiger partial charge is 0.382 e. The molecule has 2 N–H and O–H groups in total. The van der Waals surface area contributed by atoms with E-state index in [1.165, 1.54) is 29.4 Å². The molecule has 1 heterocycles. The molecule has 0 spiro atoms. The lowest BCUT2D eigenvalue weighted by atomic mass is 10.2. The van der Waals surface area contributed by atoms with Crippen LogP contribution in [-0.2, 0) is 6.54 Å². The molecule has 6 heteroatoms. The van der Waals surface area contributed by atoms with Gasteiger partial charge in [-0.25, -0.2) is 9.37 Å². The molecule has 0 aliphatic rings. The second-order valence-electron chi connectivity index (χ2n) is 4.12. The molecule has 0 fully saturated rings. The number of benzene rings is 1. The van der Waals surface area contributed by atoms with E-state index in [9.17, 15) is 9.18 Å². The smallest absolute Gasteiger partial charge is 0.274 e. The minimum absolute atomic E-state index is 0.166. The van der Waals surface area contributed by atoms with Crippen molar-refractivity contribution in [1.29, 1.82) is 0 Å². The van der Waals surface area contributed by atoms with Crippen molar-refractivity contribution in [2.45, 2.75) is 6.54 Å². The van der Waals surface area contributed by atoms with Crippen molar-refractivity contribution in [3.63, 3.8) is 0 Å². The molecule has 1 aromatic carbocycles. The molecule has 5 nitrogen and oxygen atoms in total. The van der Waals surface area contributed by atoms with Crippen LogP contribution in [0.3, 0.4) is 0 Å². The summed E-state index contributed by atoms with van der Waals surface area (Å²) in [6.45, 7) is 0.285. The molecule has 0 atom stereocenters. The van der Waals surface area contributed by atoms with Crippen molar-refractivity contribution in [3.05, 3.63) is 53.7 Å². The van der Waals surface area contributed by atoms with E-state index >= 15 is 0 Å². The Morgan fingerprint density at radius 3 is 2.89 bits per heavy atom. The first-order chi connectivity index (χ1) is 9.06. The SMILES string of the molecule is CN(Cc1cccc(F)c1)C(=O)c1cncc(N)n1. The minimum Gasteiger partial charge on any atom is -0.382 e. The fourth-order valence-corrected chi connectivity index (χ4v) is 1.66. The molecule has 98 valence electrons. The predicted octanol–water partition coefficient (Wildman–Crippen LogP) is 1.47. The van der Waals surface area contributed by atoms with Gasteiger partial charge in [-0.2, -0.15) is 0 Å². The van der Waals surface area contributed by atoms with Crippen molar-refractivity contribution in [2.24, 2.45) is 0 Å². The lowest BCUT2D eigenvalue weighted by molar-refractivity contribution is 0.0779. The van der Waals surface area contributed by atoms with Crippen LogP contribution in [0.4, 0.5) is 10.2 Å². The highest BCUT2D eigenvalue weighted by Crippen LogP contribution is 2.09. The molecule has 1 amide bonds. The molecule has 19 heavy (non-hydrogen) atoms. The normalized spacial score (nSPS) is 10.2. The van der Waals surface area contributed by atoms with Gasteiger partial charge in [0.25, 0.3) is 5.91 Å². The number of aromatic nitrogens is 2. The first-order valence-electron chi connectivity index (χ1n) is 5.63. The van der Waals surface area contributed by atoms with Crippen LogP contribution in [0.15, 0.2) is 36.7 Å². The summed E-state index contributed by atoms with van der Waals surface area (Å²) < 4.78 is 13.1. The maximum absolute atomic E-state index is 13.1.